The van der Waals surface area contributed by atoms with Crippen molar-refractivity contribution in [2.24, 2.45) is 0 Å². The van der Waals surface area contributed by atoms with Crippen LogP contribution in [0.4, 0.5) is 5.69 Å². The van der Waals surface area contributed by atoms with Crippen LogP contribution in [0.15, 0.2) is 40.1 Å². The molecule has 0 fully saturated rings. The topological polar surface area (TPSA) is 99.0 Å². The van der Waals surface area contributed by atoms with Crippen molar-refractivity contribution in [2.45, 2.75) is 38.1 Å². The van der Waals surface area contributed by atoms with Crippen LogP contribution in [0.1, 0.15) is 23.8 Å². The normalized spacial score (nSPS) is 12.2. The van der Waals surface area contributed by atoms with Crippen molar-refractivity contribution >= 4 is 23.4 Å². The van der Waals surface area contributed by atoms with Gasteiger partial charge in [0.1, 0.15) is 5.76 Å². The number of benzene rings is 1. The van der Waals surface area contributed by atoms with Gasteiger partial charge >= 0.3 is 0 Å². The molecule has 1 atom stereocenters. The minimum absolute atomic E-state index is 0.119. The maximum absolute atomic E-state index is 12.5. The Morgan fingerprint density at radius 1 is 1.27 bits per heavy atom. The van der Waals surface area contributed by atoms with E-state index in [1.807, 2.05) is 39.0 Å². The molecule has 7 nitrogen and oxygen atoms in total. The SMILES string of the molecule is Cc1ccc(NC(=O)C(C)Sc2nnc(-c3ccoc3C)n2N)c(C)c1. The molecule has 0 aliphatic rings. The van der Waals surface area contributed by atoms with Gasteiger partial charge in [0, 0.05) is 5.69 Å². The molecule has 0 aliphatic carbocycles. The van der Waals surface area contributed by atoms with E-state index in [1.54, 1.807) is 19.3 Å². The molecule has 3 N–H and O–H groups in total. The molecule has 3 aromatic rings. The minimum Gasteiger partial charge on any atom is -0.469 e. The molecule has 0 saturated heterocycles. The molecule has 2 heterocycles. The Bertz CT molecular complexity index is 947. The van der Waals surface area contributed by atoms with Crippen LogP contribution >= 0.6 is 11.8 Å². The Morgan fingerprint density at radius 2 is 2.04 bits per heavy atom. The summed E-state index contributed by atoms with van der Waals surface area (Å²) in [6.07, 6.45) is 1.58. The number of aryl methyl sites for hydroxylation is 3. The number of thioether (sulfide) groups is 1. The summed E-state index contributed by atoms with van der Waals surface area (Å²) in [7, 11) is 0. The molecule has 26 heavy (non-hydrogen) atoms. The van der Waals surface area contributed by atoms with Crippen LogP contribution in [0, 0.1) is 20.8 Å². The third-order valence-corrected chi connectivity index (χ3v) is 5.11. The van der Waals surface area contributed by atoms with Crippen LogP contribution in [0.3, 0.4) is 0 Å². The zero-order chi connectivity index (χ0) is 18.8. The van der Waals surface area contributed by atoms with Gasteiger partial charge in [0.2, 0.25) is 11.1 Å². The predicted octanol–water partition coefficient (Wildman–Crippen LogP) is 3.30. The third-order valence-electron chi connectivity index (χ3n) is 4.06. The van der Waals surface area contributed by atoms with Gasteiger partial charge in [0.05, 0.1) is 17.1 Å². The molecule has 1 amide bonds. The quantitative estimate of drug-likeness (QED) is 0.527. The maximum atomic E-state index is 12.5. The number of carbonyl (C=O) groups is 1. The first-order valence-corrected chi connectivity index (χ1v) is 9.04. The first-order chi connectivity index (χ1) is 12.4. The monoisotopic (exact) mass is 371 g/mol. The van der Waals surface area contributed by atoms with E-state index < -0.39 is 0 Å². The largest absolute Gasteiger partial charge is 0.469 e. The number of furan rings is 1. The number of aromatic nitrogens is 3. The summed E-state index contributed by atoms with van der Waals surface area (Å²) in [5.74, 6) is 7.19. The summed E-state index contributed by atoms with van der Waals surface area (Å²) in [6.45, 7) is 7.62. The average Bonchev–Trinajstić information content (AvgIpc) is 3.16. The van der Waals surface area contributed by atoms with E-state index in [0.29, 0.717) is 16.7 Å². The van der Waals surface area contributed by atoms with Crippen LogP contribution in [-0.2, 0) is 4.79 Å². The van der Waals surface area contributed by atoms with Crippen molar-refractivity contribution in [2.75, 3.05) is 11.2 Å². The van der Waals surface area contributed by atoms with Crippen molar-refractivity contribution < 1.29 is 9.21 Å². The molecule has 2 aromatic heterocycles. The third kappa shape index (κ3) is 3.60. The lowest BCUT2D eigenvalue weighted by atomic mass is 10.1. The zero-order valence-electron chi connectivity index (χ0n) is 15.1. The molecule has 1 unspecified atom stereocenters. The van der Waals surface area contributed by atoms with Crippen molar-refractivity contribution in [3.63, 3.8) is 0 Å². The standard InChI is InChI=1S/C18H21N5O2S/c1-10-5-6-15(11(2)9-10)20-17(24)13(4)26-18-22-21-16(23(18)19)14-7-8-25-12(14)3/h5-9,13H,19H2,1-4H3,(H,20,24). The number of hydrogen-bond acceptors (Lipinski definition) is 6. The lowest BCUT2D eigenvalue weighted by Crippen LogP contribution is -2.24. The van der Waals surface area contributed by atoms with Gasteiger partial charge in [-0.25, -0.2) is 4.68 Å². The van der Waals surface area contributed by atoms with E-state index in [-0.39, 0.29) is 11.2 Å². The van der Waals surface area contributed by atoms with Gasteiger partial charge in [-0.3, -0.25) is 4.79 Å². The van der Waals surface area contributed by atoms with E-state index in [2.05, 4.69) is 15.5 Å². The summed E-state index contributed by atoms with van der Waals surface area (Å²) in [4.78, 5) is 12.5. The summed E-state index contributed by atoms with van der Waals surface area (Å²) in [6, 6.07) is 7.69. The number of amides is 1. The fraction of sp³-hybridized carbons (Fsp3) is 0.278. The fourth-order valence-corrected chi connectivity index (χ4v) is 3.33. The van der Waals surface area contributed by atoms with Gasteiger partial charge < -0.3 is 15.6 Å². The van der Waals surface area contributed by atoms with E-state index in [4.69, 9.17) is 10.3 Å². The number of rotatable bonds is 5. The van der Waals surface area contributed by atoms with Crippen LogP contribution < -0.4 is 11.2 Å². The van der Waals surface area contributed by atoms with Crippen LogP contribution in [0.25, 0.3) is 11.4 Å². The zero-order valence-corrected chi connectivity index (χ0v) is 15.9. The van der Waals surface area contributed by atoms with E-state index in [1.165, 1.54) is 16.4 Å². The Labute approximate surface area is 156 Å². The average molecular weight is 371 g/mol. The maximum Gasteiger partial charge on any atom is 0.237 e. The summed E-state index contributed by atoms with van der Waals surface area (Å²) in [5.41, 5.74) is 3.76. The molecular weight excluding hydrogens is 350 g/mol. The van der Waals surface area contributed by atoms with Crippen molar-refractivity contribution in [3.05, 3.63) is 47.4 Å². The summed E-state index contributed by atoms with van der Waals surface area (Å²) in [5, 5.41) is 11.2. The highest BCUT2D eigenvalue weighted by atomic mass is 32.2. The highest BCUT2D eigenvalue weighted by molar-refractivity contribution is 8.00. The number of nitrogens with two attached hydrogens (primary N) is 1. The molecule has 8 heteroatoms. The molecular formula is C18H21N5O2S. The molecule has 3 rings (SSSR count). The molecule has 1 aromatic carbocycles. The molecule has 0 spiro atoms. The Morgan fingerprint density at radius 3 is 2.69 bits per heavy atom. The van der Waals surface area contributed by atoms with E-state index in [9.17, 15) is 4.79 Å². The van der Waals surface area contributed by atoms with Gasteiger partial charge in [-0.15, -0.1) is 10.2 Å². The molecule has 0 radical (unpaired) electrons. The summed E-state index contributed by atoms with van der Waals surface area (Å²) >= 11 is 1.25. The number of hydrogen-bond donors (Lipinski definition) is 2. The van der Waals surface area contributed by atoms with Crippen molar-refractivity contribution in [1.82, 2.24) is 14.9 Å². The Balaban J connectivity index is 1.72. The number of nitrogens with zero attached hydrogens (tertiary/aromatic N) is 3. The van der Waals surface area contributed by atoms with Crippen LogP contribution in [0.5, 0.6) is 0 Å². The van der Waals surface area contributed by atoms with Crippen LogP contribution in [0.2, 0.25) is 0 Å². The first kappa shape index (κ1) is 18.1. The Hall–Kier alpha value is -2.74. The summed E-state index contributed by atoms with van der Waals surface area (Å²) < 4.78 is 6.66. The second-order valence-electron chi connectivity index (χ2n) is 6.13. The highest BCUT2D eigenvalue weighted by Crippen LogP contribution is 2.27. The molecule has 0 saturated carbocycles. The number of nitrogens with one attached hydrogen (secondary N) is 1. The second-order valence-corrected chi connectivity index (χ2v) is 7.44. The molecule has 0 bridgehead atoms. The van der Waals surface area contributed by atoms with Gasteiger partial charge in [-0.05, 0) is 45.4 Å². The Kier molecular flexibility index (Phi) is 5.03. The molecule has 136 valence electrons. The highest BCUT2D eigenvalue weighted by Gasteiger charge is 2.21. The number of anilines is 1. The van der Waals surface area contributed by atoms with E-state index in [0.717, 1.165) is 22.4 Å². The lowest BCUT2D eigenvalue weighted by Gasteiger charge is -2.13. The minimum atomic E-state index is -0.388. The number of carbonyl (C=O) groups excluding carboxylic acids is 1. The lowest BCUT2D eigenvalue weighted by molar-refractivity contribution is -0.115. The van der Waals surface area contributed by atoms with Gasteiger partial charge in [0.15, 0.2) is 5.82 Å². The number of nitrogen functional groups attached to an aromatic ring is 1. The van der Waals surface area contributed by atoms with Crippen molar-refractivity contribution in [3.8, 4) is 11.4 Å². The predicted molar refractivity (Wildman–Crippen MR) is 102 cm³/mol. The van der Waals surface area contributed by atoms with E-state index >= 15 is 0 Å². The van der Waals surface area contributed by atoms with Gasteiger partial charge in [-0.2, -0.15) is 0 Å². The smallest absolute Gasteiger partial charge is 0.237 e. The van der Waals surface area contributed by atoms with Crippen molar-refractivity contribution in [1.29, 1.82) is 0 Å². The van der Waals surface area contributed by atoms with Crippen LogP contribution in [-0.4, -0.2) is 26.0 Å². The second kappa shape index (κ2) is 7.25. The fourth-order valence-electron chi connectivity index (χ4n) is 2.56. The van der Waals surface area contributed by atoms with Gasteiger partial charge in [0.25, 0.3) is 0 Å². The first-order valence-electron chi connectivity index (χ1n) is 8.16. The molecule has 0 aliphatic heterocycles. The van der Waals surface area contributed by atoms with Gasteiger partial charge in [-0.1, -0.05) is 29.5 Å².